The highest BCUT2D eigenvalue weighted by atomic mass is 32.2. The van der Waals surface area contributed by atoms with Crippen molar-refractivity contribution in [1.82, 2.24) is 4.90 Å². The van der Waals surface area contributed by atoms with Crippen LogP contribution in [-0.4, -0.2) is 42.2 Å². The normalized spacial score (nSPS) is 15.9. The second-order valence-electron chi connectivity index (χ2n) is 4.99. The van der Waals surface area contributed by atoms with Crippen molar-refractivity contribution >= 4 is 34.9 Å². The minimum atomic E-state index is -0.738. The Morgan fingerprint density at radius 3 is 2.71 bits per heavy atom. The molecule has 128 valence electrons. The number of thioether (sulfide) groups is 1. The molecule has 1 fully saturated rings. The molecule has 0 aliphatic carbocycles. The van der Waals surface area contributed by atoms with Crippen LogP contribution in [0.15, 0.2) is 23.1 Å². The first-order valence-corrected chi connectivity index (χ1v) is 8.12. The zero-order chi connectivity index (χ0) is 17.7. The molecule has 24 heavy (non-hydrogen) atoms. The van der Waals surface area contributed by atoms with E-state index in [4.69, 9.17) is 15.2 Å². The molecular formula is C16H18N2O5S. The van der Waals surface area contributed by atoms with E-state index < -0.39 is 23.6 Å². The van der Waals surface area contributed by atoms with Crippen LogP contribution in [0.4, 0.5) is 4.79 Å². The number of primary amides is 1. The predicted molar refractivity (Wildman–Crippen MR) is 90.7 cm³/mol. The van der Waals surface area contributed by atoms with Gasteiger partial charge >= 0.3 is 0 Å². The molecule has 0 aromatic heterocycles. The Bertz CT molecular complexity index is 702. The molecular weight excluding hydrogens is 332 g/mol. The first-order valence-electron chi connectivity index (χ1n) is 7.30. The summed E-state index contributed by atoms with van der Waals surface area (Å²) in [4.78, 5) is 36.0. The van der Waals surface area contributed by atoms with Gasteiger partial charge in [-0.3, -0.25) is 19.3 Å². The quantitative estimate of drug-likeness (QED) is 0.755. The summed E-state index contributed by atoms with van der Waals surface area (Å²) >= 11 is 0.769. The maximum absolute atomic E-state index is 12.2. The Morgan fingerprint density at radius 2 is 2.08 bits per heavy atom. The van der Waals surface area contributed by atoms with Crippen LogP contribution in [0.2, 0.25) is 0 Å². The molecule has 3 amide bonds. The van der Waals surface area contributed by atoms with Crippen LogP contribution in [0.5, 0.6) is 11.5 Å². The summed E-state index contributed by atoms with van der Waals surface area (Å²) in [6.07, 6.45) is 2.44. The van der Waals surface area contributed by atoms with E-state index in [1.54, 1.807) is 24.3 Å². The molecule has 2 N–H and O–H groups in total. The molecule has 1 aromatic rings. The number of ether oxygens (including phenoxy) is 2. The fraction of sp³-hybridized carbons (Fsp3) is 0.312. The van der Waals surface area contributed by atoms with E-state index in [0.717, 1.165) is 23.1 Å². The number of hydrogen-bond acceptors (Lipinski definition) is 6. The number of amides is 3. The third-order valence-corrected chi connectivity index (χ3v) is 4.04. The molecule has 2 rings (SSSR count). The highest BCUT2D eigenvalue weighted by Gasteiger charge is 2.35. The third-order valence-electron chi connectivity index (χ3n) is 3.13. The Morgan fingerprint density at radius 1 is 1.33 bits per heavy atom. The second kappa shape index (κ2) is 7.87. The minimum absolute atomic E-state index is 0.227. The van der Waals surface area contributed by atoms with E-state index in [1.807, 2.05) is 6.92 Å². The Hall–Kier alpha value is -2.48. The van der Waals surface area contributed by atoms with Gasteiger partial charge in [-0.1, -0.05) is 13.0 Å². The number of rotatable bonds is 7. The van der Waals surface area contributed by atoms with E-state index in [9.17, 15) is 14.4 Å². The summed E-state index contributed by atoms with van der Waals surface area (Å²) in [5, 5.41) is -0.514. The van der Waals surface area contributed by atoms with Crippen molar-refractivity contribution in [3.63, 3.8) is 0 Å². The number of imide groups is 1. The summed E-state index contributed by atoms with van der Waals surface area (Å²) in [5.41, 5.74) is 5.73. The molecule has 1 aliphatic rings. The molecule has 1 heterocycles. The van der Waals surface area contributed by atoms with E-state index >= 15 is 0 Å². The smallest absolute Gasteiger partial charge is 0.294 e. The van der Waals surface area contributed by atoms with Gasteiger partial charge in [0.15, 0.2) is 11.5 Å². The predicted octanol–water partition coefficient (Wildman–Crippen LogP) is 2.01. The molecule has 0 saturated carbocycles. The van der Waals surface area contributed by atoms with E-state index in [0.29, 0.717) is 23.7 Å². The maximum Gasteiger partial charge on any atom is 0.294 e. The van der Waals surface area contributed by atoms with Crippen LogP contribution in [0.25, 0.3) is 6.08 Å². The van der Waals surface area contributed by atoms with Crippen molar-refractivity contribution in [3.8, 4) is 11.5 Å². The lowest BCUT2D eigenvalue weighted by Gasteiger charge is -2.10. The lowest BCUT2D eigenvalue weighted by molar-refractivity contribution is -0.127. The SMILES string of the molecule is CCCOc1ccc(/C=C2\SC(=O)N(CC(N)=O)C2=O)cc1OC. The lowest BCUT2D eigenvalue weighted by atomic mass is 10.2. The van der Waals surface area contributed by atoms with E-state index in [1.165, 1.54) is 7.11 Å². The number of methoxy groups -OCH3 is 1. The summed E-state index contributed by atoms with van der Waals surface area (Å²) in [6, 6.07) is 5.22. The van der Waals surface area contributed by atoms with Gasteiger partial charge in [0.25, 0.3) is 11.1 Å². The molecule has 0 unspecified atom stereocenters. The average molecular weight is 350 g/mol. The van der Waals surface area contributed by atoms with Crippen molar-refractivity contribution < 1.29 is 23.9 Å². The minimum Gasteiger partial charge on any atom is -0.493 e. The fourth-order valence-electron chi connectivity index (χ4n) is 2.05. The molecule has 1 saturated heterocycles. The first kappa shape index (κ1) is 17.9. The molecule has 0 bridgehead atoms. The molecule has 7 nitrogen and oxygen atoms in total. The van der Waals surface area contributed by atoms with Gasteiger partial charge in [0.1, 0.15) is 6.54 Å². The Balaban J connectivity index is 2.23. The summed E-state index contributed by atoms with van der Waals surface area (Å²) in [6.45, 7) is 2.15. The topological polar surface area (TPSA) is 98.9 Å². The molecule has 1 aromatic carbocycles. The third kappa shape index (κ3) is 4.08. The molecule has 0 radical (unpaired) electrons. The van der Waals surface area contributed by atoms with Gasteiger partial charge in [-0.05, 0) is 42.0 Å². The number of nitrogens with zero attached hydrogens (tertiary/aromatic N) is 1. The Labute approximate surface area is 143 Å². The summed E-state index contributed by atoms with van der Waals surface area (Å²) in [7, 11) is 1.53. The van der Waals surface area contributed by atoms with Crippen molar-refractivity contribution in [2.45, 2.75) is 13.3 Å². The number of benzene rings is 1. The summed E-state index contributed by atoms with van der Waals surface area (Å²) in [5.74, 6) is -0.126. The van der Waals surface area contributed by atoms with Crippen LogP contribution in [0.1, 0.15) is 18.9 Å². The molecule has 0 atom stereocenters. The largest absolute Gasteiger partial charge is 0.493 e. The first-order chi connectivity index (χ1) is 11.5. The highest BCUT2D eigenvalue weighted by molar-refractivity contribution is 8.18. The highest BCUT2D eigenvalue weighted by Crippen LogP contribution is 2.34. The zero-order valence-corrected chi connectivity index (χ0v) is 14.2. The number of hydrogen-bond donors (Lipinski definition) is 1. The van der Waals surface area contributed by atoms with Gasteiger partial charge in [0.2, 0.25) is 5.91 Å². The van der Waals surface area contributed by atoms with Gasteiger partial charge in [-0.15, -0.1) is 0 Å². The second-order valence-corrected chi connectivity index (χ2v) is 5.99. The van der Waals surface area contributed by atoms with Crippen LogP contribution in [0, 0.1) is 0 Å². The number of nitrogens with two attached hydrogens (primary N) is 1. The average Bonchev–Trinajstić information content (AvgIpc) is 2.80. The van der Waals surface area contributed by atoms with Crippen LogP contribution < -0.4 is 15.2 Å². The van der Waals surface area contributed by atoms with Gasteiger partial charge in [0, 0.05) is 0 Å². The summed E-state index contributed by atoms with van der Waals surface area (Å²) < 4.78 is 10.9. The van der Waals surface area contributed by atoms with Crippen LogP contribution >= 0.6 is 11.8 Å². The Kier molecular flexibility index (Phi) is 5.86. The monoisotopic (exact) mass is 350 g/mol. The van der Waals surface area contributed by atoms with Crippen molar-refractivity contribution in [1.29, 1.82) is 0 Å². The fourth-order valence-corrected chi connectivity index (χ4v) is 2.89. The zero-order valence-electron chi connectivity index (χ0n) is 13.4. The maximum atomic E-state index is 12.2. The molecule has 0 spiro atoms. The molecule has 8 heteroatoms. The van der Waals surface area contributed by atoms with Crippen LogP contribution in [0.3, 0.4) is 0 Å². The van der Waals surface area contributed by atoms with Gasteiger partial charge in [0.05, 0.1) is 18.6 Å². The van der Waals surface area contributed by atoms with Gasteiger partial charge in [-0.2, -0.15) is 0 Å². The molecule has 1 aliphatic heterocycles. The van der Waals surface area contributed by atoms with Crippen molar-refractivity contribution in [2.24, 2.45) is 5.73 Å². The van der Waals surface area contributed by atoms with Crippen molar-refractivity contribution in [2.75, 3.05) is 20.3 Å². The van der Waals surface area contributed by atoms with Gasteiger partial charge < -0.3 is 15.2 Å². The lowest BCUT2D eigenvalue weighted by Crippen LogP contribution is -2.36. The number of carbonyl (C=O) groups is 3. The van der Waals surface area contributed by atoms with Crippen molar-refractivity contribution in [3.05, 3.63) is 28.7 Å². The van der Waals surface area contributed by atoms with E-state index in [2.05, 4.69) is 0 Å². The standard InChI is InChI=1S/C16H18N2O5S/c1-3-6-23-11-5-4-10(7-12(11)22-2)8-13-15(20)18(9-14(17)19)16(21)24-13/h4-5,7-8H,3,6,9H2,1-2H3,(H2,17,19)/b13-8-. The van der Waals surface area contributed by atoms with Crippen LogP contribution in [-0.2, 0) is 9.59 Å². The van der Waals surface area contributed by atoms with Gasteiger partial charge in [-0.25, -0.2) is 0 Å². The van der Waals surface area contributed by atoms with E-state index in [-0.39, 0.29) is 4.91 Å². The number of carbonyl (C=O) groups excluding carboxylic acids is 3.